The van der Waals surface area contributed by atoms with Crippen LogP contribution in [0.3, 0.4) is 0 Å². The molecule has 0 amide bonds. The first-order chi connectivity index (χ1) is 8.74. The predicted molar refractivity (Wildman–Crippen MR) is 69.1 cm³/mol. The fourth-order valence-corrected chi connectivity index (χ4v) is 1.64. The van der Waals surface area contributed by atoms with Crippen LogP contribution in [0, 0.1) is 0 Å². The first-order valence-electron chi connectivity index (χ1n) is 5.68. The maximum absolute atomic E-state index is 11.7. The van der Waals surface area contributed by atoms with Crippen molar-refractivity contribution in [2.45, 2.75) is 6.92 Å². The summed E-state index contributed by atoms with van der Waals surface area (Å²) < 4.78 is 6.60. The quantitative estimate of drug-likeness (QED) is 0.774. The highest BCUT2D eigenvalue weighted by Gasteiger charge is 2.15. The van der Waals surface area contributed by atoms with Crippen LogP contribution in [0.25, 0.3) is 5.70 Å². The molecule has 0 saturated heterocycles. The molecule has 2 aromatic rings. The third-order valence-electron chi connectivity index (χ3n) is 2.52. The van der Waals surface area contributed by atoms with Gasteiger partial charge in [0.15, 0.2) is 5.69 Å². The van der Waals surface area contributed by atoms with Crippen molar-refractivity contribution in [3.05, 3.63) is 60.7 Å². The predicted octanol–water partition coefficient (Wildman–Crippen LogP) is 2.58. The lowest BCUT2D eigenvalue weighted by Crippen LogP contribution is -2.11. The zero-order chi connectivity index (χ0) is 13.0. The number of aromatic nitrogens is 2. The van der Waals surface area contributed by atoms with Gasteiger partial charge in [-0.25, -0.2) is 9.78 Å². The molecule has 0 atom stereocenters. The normalized spacial score (nSPS) is 10.1. The minimum absolute atomic E-state index is 0.335. The van der Waals surface area contributed by atoms with E-state index in [4.69, 9.17) is 4.74 Å². The van der Waals surface area contributed by atoms with Crippen LogP contribution in [0.2, 0.25) is 0 Å². The molecular weight excluding hydrogens is 228 g/mol. The molecule has 0 saturated carbocycles. The standard InChI is InChI=1S/C14H14N2O2/c1-3-18-14(17)13-9-15-10-16(13)11(2)12-7-5-4-6-8-12/h4-10H,2-3H2,1H3. The Labute approximate surface area is 106 Å². The second kappa shape index (κ2) is 5.31. The molecule has 18 heavy (non-hydrogen) atoms. The van der Waals surface area contributed by atoms with Crippen molar-refractivity contribution in [1.82, 2.24) is 9.55 Å². The van der Waals surface area contributed by atoms with Gasteiger partial charge in [-0.15, -0.1) is 0 Å². The third-order valence-corrected chi connectivity index (χ3v) is 2.52. The second-order valence-corrected chi connectivity index (χ2v) is 3.68. The van der Waals surface area contributed by atoms with Crippen LogP contribution in [0.1, 0.15) is 23.0 Å². The molecule has 4 heteroatoms. The molecule has 0 aliphatic rings. The Morgan fingerprint density at radius 2 is 2.11 bits per heavy atom. The zero-order valence-electron chi connectivity index (χ0n) is 10.2. The second-order valence-electron chi connectivity index (χ2n) is 3.68. The molecule has 0 N–H and O–H groups in total. The molecule has 1 heterocycles. The van der Waals surface area contributed by atoms with Crippen molar-refractivity contribution in [3.8, 4) is 0 Å². The number of hydrogen-bond acceptors (Lipinski definition) is 3. The van der Waals surface area contributed by atoms with Crippen molar-refractivity contribution >= 4 is 11.7 Å². The van der Waals surface area contributed by atoms with E-state index in [0.29, 0.717) is 18.0 Å². The minimum atomic E-state index is -0.396. The maximum Gasteiger partial charge on any atom is 0.356 e. The number of rotatable bonds is 4. The Hall–Kier alpha value is -2.36. The van der Waals surface area contributed by atoms with Gasteiger partial charge in [-0.2, -0.15) is 0 Å². The monoisotopic (exact) mass is 242 g/mol. The largest absolute Gasteiger partial charge is 0.461 e. The van der Waals surface area contributed by atoms with Gasteiger partial charge in [0.2, 0.25) is 0 Å². The van der Waals surface area contributed by atoms with Crippen molar-refractivity contribution in [2.75, 3.05) is 6.61 Å². The summed E-state index contributed by atoms with van der Waals surface area (Å²) in [5.74, 6) is -0.396. The van der Waals surface area contributed by atoms with Crippen molar-refractivity contribution in [1.29, 1.82) is 0 Å². The summed E-state index contributed by atoms with van der Waals surface area (Å²) in [6.45, 7) is 6.09. The third kappa shape index (κ3) is 2.32. The van der Waals surface area contributed by atoms with Gasteiger partial charge in [-0.3, -0.25) is 4.57 Å². The van der Waals surface area contributed by atoms with Crippen LogP contribution in [-0.2, 0) is 4.74 Å². The molecule has 0 aliphatic heterocycles. The summed E-state index contributed by atoms with van der Waals surface area (Å²) in [5.41, 5.74) is 2.00. The Morgan fingerprint density at radius 1 is 1.39 bits per heavy atom. The van der Waals surface area contributed by atoms with Crippen molar-refractivity contribution < 1.29 is 9.53 Å². The van der Waals surface area contributed by atoms with E-state index in [0.717, 1.165) is 5.56 Å². The van der Waals surface area contributed by atoms with E-state index in [2.05, 4.69) is 11.6 Å². The molecule has 0 bridgehead atoms. The number of carbonyl (C=O) groups is 1. The molecular formula is C14H14N2O2. The van der Waals surface area contributed by atoms with Gasteiger partial charge in [-0.05, 0) is 12.5 Å². The van der Waals surface area contributed by atoms with Crippen molar-refractivity contribution in [2.24, 2.45) is 0 Å². The fraction of sp³-hybridized carbons (Fsp3) is 0.143. The SMILES string of the molecule is C=C(c1ccccc1)n1cncc1C(=O)OCC. The van der Waals surface area contributed by atoms with E-state index in [9.17, 15) is 4.79 Å². The number of ether oxygens (including phenoxy) is 1. The van der Waals surface area contributed by atoms with E-state index in [-0.39, 0.29) is 0 Å². The minimum Gasteiger partial charge on any atom is -0.461 e. The molecule has 0 fully saturated rings. The highest BCUT2D eigenvalue weighted by atomic mass is 16.5. The summed E-state index contributed by atoms with van der Waals surface area (Å²) in [6, 6.07) is 9.62. The first kappa shape index (κ1) is 12.1. The first-order valence-corrected chi connectivity index (χ1v) is 5.68. The number of carbonyl (C=O) groups excluding carboxylic acids is 1. The van der Waals surface area contributed by atoms with Gasteiger partial charge < -0.3 is 4.74 Å². The van der Waals surface area contributed by atoms with Gasteiger partial charge in [0.1, 0.15) is 0 Å². The molecule has 0 spiro atoms. The molecule has 1 aromatic carbocycles. The van der Waals surface area contributed by atoms with Crippen LogP contribution in [0.4, 0.5) is 0 Å². The number of imidazole rings is 1. The van der Waals surface area contributed by atoms with E-state index in [1.54, 1.807) is 17.8 Å². The van der Waals surface area contributed by atoms with Crippen molar-refractivity contribution in [3.63, 3.8) is 0 Å². The molecule has 0 aliphatic carbocycles. The van der Waals surface area contributed by atoms with E-state index in [1.165, 1.54) is 6.20 Å². The molecule has 2 rings (SSSR count). The average Bonchev–Trinajstić information content (AvgIpc) is 2.88. The van der Waals surface area contributed by atoms with Crippen LogP contribution >= 0.6 is 0 Å². The van der Waals surface area contributed by atoms with E-state index in [1.807, 2.05) is 30.3 Å². The van der Waals surface area contributed by atoms with Gasteiger partial charge >= 0.3 is 5.97 Å². The highest BCUT2D eigenvalue weighted by molar-refractivity contribution is 5.89. The summed E-state index contributed by atoms with van der Waals surface area (Å²) in [6.07, 6.45) is 3.04. The fourth-order valence-electron chi connectivity index (χ4n) is 1.64. The smallest absolute Gasteiger partial charge is 0.356 e. The molecule has 0 unspecified atom stereocenters. The summed E-state index contributed by atoms with van der Waals surface area (Å²) >= 11 is 0. The summed E-state index contributed by atoms with van der Waals surface area (Å²) in [4.78, 5) is 15.7. The summed E-state index contributed by atoms with van der Waals surface area (Å²) in [7, 11) is 0. The van der Waals surface area contributed by atoms with Gasteiger partial charge in [0.05, 0.1) is 19.1 Å². The molecule has 0 radical (unpaired) electrons. The number of esters is 1. The number of nitrogens with zero attached hydrogens (tertiary/aromatic N) is 2. The lowest BCUT2D eigenvalue weighted by Gasteiger charge is -2.10. The Morgan fingerprint density at radius 3 is 2.78 bits per heavy atom. The number of hydrogen-bond donors (Lipinski definition) is 0. The van der Waals surface area contributed by atoms with Gasteiger partial charge in [-0.1, -0.05) is 36.9 Å². The molecule has 4 nitrogen and oxygen atoms in total. The van der Waals surface area contributed by atoms with Gasteiger partial charge in [0, 0.05) is 5.70 Å². The van der Waals surface area contributed by atoms with E-state index >= 15 is 0 Å². The number of benzene rings is 1. The van der Waals surface area contributed by atoms with E-state index < -0.39 is 5.97 Å². The maximum atomic E-state index is 11.7. The molecule has 92 valence electrons. The molecule has 1 aromatic heterocycles. The average molecular weight is 242 g/mol. The lowest BCUT2D eigenvalue weighted by atomic mass is 10.2. The Balaban J connectivity index is 2.32. The lowest BCUT2D eigenvalue weighted by molar-refractivity contribution is 0.0517. The van der Waals surface area contributed by atoms with Crippen LogP contribution in [-0.4, -0.2) is 22.1 Å². The van der Waals surface area contributed by atoms with Crippen LogP contribution in [0.5, 0.6) is 0 Å². The highest BCUT2D eigenvalue weighted by Crippen LogP contribution is 2.17. The zero-order valence-corrected chi connectivity index (χ0v) is 10.2. The summed E-state index contributed by atoms with van der Waals surface area (Å²) in [5, 5.41) is 0. The van der Waals surface area contributed by atoms with Crippen LogP contribution < -0.4 is 0 Å². The van der Waals surface area contributed by atoms with Gasteiger partial charge in [0.25, 0.3) is 0 Å². The Bertz CT molecular complexity index is 558. The van der Waals surface area contributed by atoms with Crippen LogP contribution in [0.15, 0.2) is 49.4 Å². The Kier molecular flexibility index (Phi) is 3.57. The topological polar surface area (TPSA) is 44.1 Å².